The van der Waals surface area contributed by atoms with Gasteiger partial charge in [0.05, 0.1) is 0 Å². The summed E-state index contributed by atoms with van der Waals surface area (Å²) in [5.74, 6) is 3.14. The van der Waals surface area contributed by atoms with Gasteiger partial charge in [0.25, 0.3) is 5.56 Å². The van der Waals surface area contributed by atoms with Gasteiger partial charge in [-0.2, -0.15) is 5.10 Å². The molecule has 0 atom stereocenters. The van der Waals surface area contributed by atoms with E-state index in [0.717, 1.165) is 23.3 Å². The number of nitrogens with zero attached hydrogens (tertiary/aromatic N) is 2. The average Bonchev–Trinajstić information content (AvgIpc) is 2.32. The minimum absolute atomic E-state index is 0.0278. The van der Waals surface area contributed by atoms with Crippen LogP contribution >= 0.6 is 0 Å². The number of anilines is 1. The minimum Gasteiger partial charge on any atom is -0.382 e. The van der Waals surface area contributed by atoms with E-state index in [9.17, 15) is 4.79 Å². The van der Waals surface area contributed by atoms with Gasteiger partial charge in [0.2, 0.25) is 0 Å². The Balaban J connectivity index is 1.84. The lowest BCUT2D eigenvalue weighted by molar-refractivity contribution is -0.00510. The summed E-state index contributed by atoms with van der Waals surface area (Å²) in [6.07, 6.45) is 7.86. The maximum atomic E-state index is 11.9. The molecular weight excluding hydrogens is 238 g/mol. The molecular formula is C15H21N3O. The van der Waals surface area contributed by atoms with Crippen molar-refractivity contribution >= 4 is 5.82 Å². The predicted molar refractivity (Wildman–Crippen MR) is 73.7 cm³/mol. The Morgan fingerprint density at radius 2 is 1.74 bits per heavy atom. The van der Waals surface area contributed by atoms with Crippen molar-refractivity contribution in [1.29, 1.82) is 0 Å². The van der Waals surface area contributed by atoms with E-state index in [1.807, 2.05) is 0 Å². The van der Waals surface area contributed by atoms with E-state index in [0.29, 0.717) is 5.82 Å². The summed E-state index contributed by atoms with van der Waals surface area (Å²) in [4.78, 5) is 11.9. The highest BCUT2D eigenvalue weighted by molar-refractivity contribution is 5.44. The monoisotopic (exact) mass is 259 g/mol. The summed E-state index contributed by atoms with van der Waals surface area (Å²) >= 11 is 0. The molecule has 0 aromatic carbocycles. The molecule has 1 aromatic heterocycles. The van der Waals surface area contributed by atoms with Crippen LogP contribution in [0.25, 0.3) is 0 Å². The molecule has 5 rings (SSSR count). The van der Waals surface area contributed by atoms with Gasteiger partial charge < -0.3 is 5.73 Å². The molecule has 0 spiro atoms. The first kappa shape index (κ1) is 11.5. The molecule has 0 aliphatic heterocycles. The maximum Gasteiger partial charge on any atom is 0.266 e. The van der Waals surface area contributed by atoms with Crippen LogP contribution in [0.15, 0.2) is 10.9 Å². The number of hydrogen-bond donors (Lipinski definition) is 1. The van der Waals surface area contributed by atoms with Crippen LogP contribution in [-0.2, 0) is 12.5 Å². The number of hydrogen-bond acceptors (Lipinski definition) is 3. The van der Waals surface area contributed by atoms with Gasteiger partial charge in [0.15, 0.2) is 0 Å². The van der Waals surface area contributed by atoms with Crippen LogP contribution in [0.5, 0.6) is 0 Å². The molecule has 0 amide bonds. The largest absolute Gasteiger partial charge is 0.382 e. The summed E-state index contributed by atoms with van der Waals surface area (Å²) < 4.78 is 1.35. The Bertz CT molecular complexity index is 554. The topological polar surface area (TPSA) is 60.9 Å². The van der Waals surface area contributed by atoms with Gasteiger partial charge in [-0.3, -0.25) is 4.79 Å². The van der Waals surface area contributed by atoms with Gasteiger partial charge in [0, 0.05) is 18.7 Å². The van der Waals surface area contributed by atoms with Crippen LogP contribution in [0.4, 0.5) is 5.82 Å². The zero-order valence-electron chi connectivity index (χ0n) is 11.4. The fraction of sp³-hybridized carbons (Fsp3) is 0.733. The molecule has 4 bridgehead atoms. The Morgan fingerprint density at radius 1 is 1.21 bits per heavy atom. The van der Waals surface area contributed by atoms with Crippen molar-refractivity contribution in [3.63, 3.8) is 0 Å². The van der Waals surface area contributed by atoms with Crippen molar-refractivity contribution in [2.24, 2.45) is 24.8 Å². The minimum atomic E-state index is -0.0278. The smallest absolute Gasteiger partial charge is 0.266 e. The summed E-state index contributed by atoms with van der Waals surface area (Å²) in [6.45, 7) is 0. The van der Waals surface area contributed by atoms with Crippen molar-refractivity contribution in [2.45, 2.75) is 43.9 Å². The van der Waals surface area contributed by atoms with Gasteiger partial charge in [0.1, 0.15) is 5.82 Å². The van der Waals surface area contributed by atoms with Crippen LogP contribution in [0.1, 0.15) is 44.1 Å². The fourth-order valence-electron chi connectivity index (χ4n) is 5.42. The molecule has 4 saturated carbocycles. The van der Waals surface area contributed by atoms with E-state index in [2.05, 4.69) is 5.10 Å². The second-order valence-corrected chi connectivity index (χ2v) is 7.10. The number of nitrogen functional groups attached to an aromatic ring is 1. The molecule has 4 fully saturated rings. The van der Waals surface area contributed by atoms with Crippen molar-refractivity contribution in [1.82, 2.24) is 9.78 Å². The lowest BCUT2D eigenvalue weighted by atomic mass is 9.48. The highest BCUT2D eigenvalue weighted by Gasteiger charge is 2.52. The second-order valence-electron chi connectivity index (χ2n) is 7.10. The van der Waals surface area contributed by atoms with Gasteiger partial charge in [-0.1, -0.05) is 0 Å². The van der Waals surface area contributed by atoms with Crippen molar-refractivity contribution in [2.75, 3.05) is 5.73 Å². The Hall–Kier alpha value is -1.32. The molecule has 1 aromatic rings. The van der Waals surface area contributed by atoms with E-state index in [-0.39, 0.29) is 11.0 Å². The zero-order chi connectivity index (χ0) is 13.2. The summed E-state index contributed by atoms with van der Waals surface area (Å²) in [7, 11) is 1.67. The molecule has 4 aliphatic rings. The number of aryl methyl sites for hydroxylation is 1. The Morgan fingerprint density at radius 3 is 2.26 bits per heavy atom. The number of aromatic nitrogens is 2. The van der Waals surface area contributed by atoms with Gasteiger partial charge >= 0.3 is 0 Å². The van der Waals surface area contributed by atoms with Crippen LogP contribution in [0.2, 0.25) is 0 Å². The molecule has 102 valence electrons. The van der Waals surface area contributed by atoms with Crippen molar-refractivity contribution in [3.05, 3.63) is 22.0 Å². The van der Waals surface area contributed by atoms with Crippen LogP contribution < -0.4 is 11.3 Å². The van der Waals surface area contributed by atoms with E-state index in [1.165, 1.54) is 43.2 Å². The highest BCUT2D eigenvalue weighted by Crippen LogP contribution is 2.61. The molecule has 0 unspecified atom stereocenters. The number of nitrogens with two attached hydrogens (primary N) is 1. The van der Waals surface area contributed by atoms with Crippen molar-refractivity contribution < 1.29 is 0 Å². The fourth-order valence-corrected chi connectivity index (χ4v) is 5.42. The maximum absolute atomic E-state index is 11.9. The quantitative estimate of drug-likeness (QED) is 0.837. The first-order valence-electron chi connectivity index (χ1n) is 7.40. The normalized spacial score (nSPS) is 39.7. The number of rotatable bonds is 1. The molecule has 4 heteroatoms. The lowest BCUT2D eigenvalue weighted by Gasteiger charge is -2.57. The molecule has 4 nitrogen and oxygen atoms in total. The van der Waals surface area contributed by atoms with E-state index >= 15 is 0 Å². The predicted octanol–water partition coefficient (Wildman–Crippen LogP) is 1.83. The van der Waals surface area contributed by atoms with E-state index in [4.69, 9.17) is 5.73 Å². The Kier molecular flexibility index (Phi) is 2.19. The molecule has 19 heavy (non-hydrogen) atoms. The molecule has 1 heterocycles. The summed E-state index contributed by atoms with van der Waals surface area (Å²) in [6, 6.07) is 1.76. The van der Waals surface area contributed by atoms with Crippen LogP contribution in [0.3, 0.4) is 0 Å². The standard InChI is InChI=1S/C15H21N3O/c1-18-13(19)5-12(14(16)17-18)15-6-9-2-10(7-15)4-11(3-9)8-15/h5,9-11H,2-4,6-8H2,1H3,(H2,16,17). The molecule has 0 radical (unpaired) electrons. The third kappa shape index (κ3) is 1.58. The average molecular weight is 259 g/mol. The first-order valence-corrected chi connectivity index (χ1v) is 7.40. The molecule has 2 N–H and O–H groups in total. The SMILES string of the molecule is Cn1nc(N)c(C23CC4CC(CC(C4)C2)C3)cc1=O. The van der Waals surface area contributed by atoms with Gasteiger partial charge in [-0.25, -0.2) is 4.68 Å². The third-order valence-electron chi connectivity index (χ3n) is 5.73. The molecule has 0 saturated heterocycles. The van der Waals surface area contributed by atoms with Crippen LogP contribution in [0, 0.1) is 17.8 Å². The second kappa shape index (κ2) is 3.62. The van der Waals surface area contributed by atoms with Gasteiger partial charge in [-0.15, -0.1) is 0 Å². The van der Waals surface area contributed by atoms with E-state index in [1.54, 1.807) is 13.1 Å². The molecule has 4 aliphatic carbocycles. The van der Waals surface area contributed by atoms with Crippen molar-refractivity contribution in [3.8, 4) is 0 Å². The Labute approximate surface area is 113 Å². The summed E-state index contributed by atoms with van der Waals surface area (Å²) in [5.41, 5.74) is 7.33. The lowest BCUT2D eigenvalue weighted by Crippen LogP contribution is -2.49. The van der Waals surface area contributed by atoms with Crippen LogP contribution in [-0.4, -0.2) is 9.78 Å². The highest BCUT2D eigenvalue weighted by atomic mass is 16.1. The van der Waals surface area contributed by atoms with Gasteiger partial charge in [-0.05, 0) is 61.7 Å². The third-order valence-corrected chi connectivity index (χ3v) is 5.73. The zero-order valence-corrected chi connectivity index (χ0v) is 11.4. The first-order chi connectivity index (χ1) is 9.06. The van der Waals surface area contributed by atoms with E-state index < -0.39 is 0 Å². The summed E-state index contributed by atoms with van der Waals surface area (Å²) in [5, 5.41) is 4.21.